The highest BCUT2D eigenvalue weighted by molar-refractivity contribution is 7.91. The van der Waals surface area contributed by atoms with Gasteiger partial charge < -0.3 is 9.80 Å². The summed E-state index contributed by atoms with van der Waals surface area (Å²) in [6.07, 6.45) is 0. The molecule has 0 atom stereocenters. The van der Waals surface area contributed by atoms with Crippen molar-refractivity contribution in [3.8, 4) is 0 Å². The number of halogens is 2. The number of likely N-dealkylation sites (N-methyl/N-ethyl adjacent to an activating group) is 1. The lowest BCUT2D eigenvalue weighted by Gasteiger charge is -2.34. The van der Waals surface area contributed by atoms with Gasteiger partial charge in [0, 0.05) is 37.3 Å². The van der Waals surface area contributed by atoms with Crippen LogP contribution < -0.4 is 4.90 Å². The molecule has 1 aliphatic rings. The van der Waals surface area contributed by atoms with Gasteiger partial charge in [0.15, 0.2) is 16.7 Å². The molecular weight excluding hydrogens is 374 g/mol. The molecular formula is C18H18F2N4O2S. The summed E-state index contributed by atoms with van der Waals surface area (Å²) in [5.74, 6) is -2.31. The minimum atomic E-state index is -4.07. The molecule has 1 aromatic heterocycles. The molecule has 142 valence electrons. The van der Waals surface area contributed by atoms with Crippen LogP contribution in [-0.2, 0) is 9.84 Å². The van der Waals surface area contributed by atoms with Gasteiger partial charge in [-0.1, -0.05) is 0 Å². The van der Waals surface area contributed by atoms with Gasteiger partial charge in [-0.15, -0.1) is 0 Å². The number of rotatable bonds is 3. The number of hydrogen-bond acceptors (Lipinski definition) is 5. The molecule has 3 aromatic rings. The van der Waals surface area contributed by atoms with Gasteiger partial charge in [-0.05, 0) is 43.4 Å². The largest absolute Gasteiger partial charge is 0.369 e. The molecule has 0 unspecified atom stereocenters. The zero-order valence-corrected chi connectivity index (χ0v) is 15.4. The molecule has 27 heavy (non-hydrogen) atoms. The third kappa shape index (κ3) is 3.17. The third-order valence-corrected chi connectivity index (χ3v) is 6.56. The summed E-state index contributed by atoms with van der Waals surface area (Å²) in [7, 11) is -2.01. The predicted octanol–water partition coefficient (Wildman–Crippen LogP) is 2.43. The Morgan fingerprint density at radius 1 is 1.00 bits per heavy atom. The van der Waals surface area contributed by atoms with E-state index < -0.39 is 21.5 Å². The smallest absolute Gasteiger partial charge is 0.224 e. The highest BCUT2D eigenvalue weighted by atomic mass is 32.2. The van der Waals surface area contributed by atoms with Crippen molar-refractivity contribution in [2.45, 2.75) is 9.92 Å². The molecule has 1 saturated heterocycles. The van der Waals surface area contributed by atoms with Gasteiger partial charge in [0.25, 0.3) is 0 Å². The van der Waals surface area contributed by atoms with Crippen molar-refractivity contribution in [1.29, 1.82) is 0 Å². The van der Waals surface area contributed by atoms with Gasteiger partial charge in [-0.25, -0.2) is 17.2 Å². The van der Waals surface area contributed by atoms with Crippen LogP contribution in [0.2, 0.25) is 0 Å². The molecule has 0 saturated carbocycles. The van der Waals surface area contributed by atoms with E-state index in [9.17, 15) is 17.2 Å². The Morgan fingerprint density at radius 2 is 1.74 bits per heavy atom. The summed E-state index contributed by atoms with van der Waals surface area (Å²) >= 11 is 0. The summed E-state index contributed by atoms with van der Waals surface area (Å²) in [4.78, 5) is 4.09. The molecule has 9 heteroatoms. The molecule has 1 N–H and O–H groups in total. The zero-order valence-electron chi connectivity index (χ0n) is 14.6. The lowest BCUT2D eigenvalue weighted by Crippen LogP contribution is -2.44. The fourth-order valence-electron chi connectivity index (χ4n) is 3.20. The predicted molar refractivity (Wildman–Crippen MR) is 97.6 cm³/mol. The van der Waals surface area contributed by atoms with Crippen LogP contribution in [0.1, 0.15) is 0 Å². The van der Waals surface area contributed by atoms with Crippen LogP contribution in [-0.4, -0.2) is 56.7 Å². The maximum Gasteiger partial charge on any atom is 0.224 e. The Morgan fingerprint density at radius 3 is 2.44 bits per heavy atom. The van der Waals surface area contributed by atoms with Crippen molar-refractivity contribution in [2.24, 2.45) is 0 Å². The van der Waals surface area contributed by atoms with Gasteiger partial charge in [0.2, 0.25) is 9.84 Å². The summed E-state index contributed by atoms with van der Waals surface area (Å²) in [5.41, 5.74) is 1.40. The van der Waals surface area contributed by atoms with E-state index in [1.807, 2.05) is 6.07 Å². The van der Waals surface area contributed by atoms with Crippen LogP contribution in [0.5, 0.6) is 0 Å². The molecule has 0 bridgehead atoms. The highest BCUT2D eigenvalue weighted by Gasteiger charge is 2.25. The van der Waals surface area contributed by atoms with Gasteiger partial charge in [-0.2, -0.15) is 5.10 Å². The molecule has 2 aromatic carbocycles. The Labute approximate surface area is 155 Å². The van der Waals surface area contributed by atoms with Crippen molar-refractivity contribution >= 4 is 26.4 Å². The average Bonchev–Trinajstić information content (AvgIpc) is 3.08. The van der Waals surface area contributed by atoms with E-state index in [1.54, 1.807) is 12.1 Å². The van der Waals surface area contributed by atoms with Crippen LogP contribution in [0.3, 0.4) is 0 Å². The van der Waals surface area contributed by atoms with Gasteiger partial charge in [-0.3, -0.25) is 5.10 Å². The quantitative estimate of drug-likeness (QED) is 0.694. The Hall–Kier alpha value is -2.52. The zero-order chi connectivity index (χ0) is 19.2. The number of nitrogens with one attached hydrogen (secondary N) is 1. The van der Waals surface area contributed by atoms with E-state index in [0.29, 0.717) is 17.0 Å². The third-order valence-electron chi connectivity index (χ3n) is 4.84. The van der Waals surface area contributed by atoms with Crippen molar-refractivity contribution in [3.63, 3.8) is 0 Å². The van der Waals surface area contributed by atoms with Gasteiger partial charge in [0.1, 0.15) is 0 Å². The topological polar surface area (TPSA) is 69.3 Å². The number of nitrogens with zero attached hydrogens (tertiary/aromatic N) is 3. The molecule has 6 nitrogen and oxygen atoms in total. The molecule has 0 radical (unpaired) electrons. The first-order valence-electron chi connectivity index (χ1n) is 8.48. The molecule has 1 fully saturated rings. The van der Waals surface area contributed by atoms with Crippen LogP contribution >= 0.6 is 0 Å². The second-order valence-electron chi connectivity index (χ2n) is 6.62. The van der Waals surface area contributed by atoms with Crippen LogP contribution in [0.15, 0.2) is 46.3 Å². The number of aromatic nitrogens is 2. The van der Waals surface area contributed by atoms with E-state index in [0.717, 1.165) is 44.0 Å². The Bertz CT molecular complexity index is 1110. The summed E-state index contributed by atoms with van der Waals surface area (Å²) in [6.45, 7) is 3.52. The Kier molecular flexibility index (Phi) is 4.35. The lowest BCUT2D eigenvalue weighted by molar-refractivity contribution is 0.313. The number of hydrogen-bond donors (Lipinski definition) is 1. The molecule has 0 aliphatic carbocycles. The van der Waals surface area contributed by atoms with Crippen LogP contribution in [0, 0.1) is 11.6 Å². The van der Waals surface area contributed by atoms with E-state index in [-0.39, 0.29) is 9.92 Å². The first-order chi connectivity index (χ1) is 12.9. The number of H-pyrrole nitrogens is 1. The molecule has 2 heterocycles. The van der Waals surface area contributed by atoms with E-state index in [4.69, 9.17) is 0 Å². The lowest BCUT2D eigenvalue weighted by atomic mass is 10.2. The first kappa shape index (κ1) is 17.9. The van der Waals surface area contributed by atoms with Crippen molar-refractivity contribution in [2.75, 3.05) is 38.1 Å². The molecule has 0 spiro atoms. The minimum absolute atomic E-state index is 0.125. The average molecular weight is 392 g/mol. The van der Waals surface area contributed by atoms with Crippen molar-refractivity contribution in [1.82, 2.24) is 15.1 Å². The van der Waals surface area contributed by atoms with E-state index >= 15 is 0 Å². The normalized spacial score (nSPS) is 16.2. The molecule has 0 amide bonds. The maximum atomic E-state index is 13.5. The van der Waals surface area contributed by atoms with E-state index in [2.05, 4.69) is 27.0 Å². The number of benzene rings is 2. The van der Waals surface area contributed by atoms with Crippen LogP contribution in [0.25, 0.3) is 10.9 Å². The van der Waals surface area contributed by atoms with Crippen molar-refractivity contribution < 1.29 is 17.2 Å². The Balaban J connectivity index is 1.77. The molecule has 1 aliphatic heterocycles. The maximum absolute atomic E-state index is 13.5. The van der Waals surface area contributed by atoms with Gasteiger partial charge >= 0.3 is 0 Å². The number of fused-ring (bicyclic) bond motifs is 1. The fourth-order valence-corrected chi connectivity index (χ4v) is 4.56. The van der Waals surface area contributed by atoms with E-state index in [1.165, 1.54) is 0 Å². The second kappa shape index (κ2) is 6.58. The number of aromatic amines is 1. The standard InChI is InChI=1S/C18H18F2N4O2S/c1-23-6-8-24(9-7-23)12-2-5-17-14(10-12)18(22-21-17)27(25,26)13-3-4-15(19)16(20)11-13/h2-5,10-11H,6-9H2,1H3,(H,21,22). The summed E-state index contributed by atoms with van der Waals surface area (Å²) in [5, 5.41) is 6.89. The summed E-state index contributed by atoms with van der Waals surface area (Å²) < 4.78 is 52.5. The fraction of sp³-hybridized carbons (Fsp3) is 0.278. The first-order valence-corrected chi connectivity index (χ1v) is 9.96. The summed E-state index contributed by atoms with van der Waals surface area (Å²) in [6, 6.07) is 7.96. The monoisotopic (exact) mass is 392 g/mol. The van der Waals surface area contributed by atoms with Gasteiger partial charge in [0.05, 0.1) is 10.4 Å². The SMILES string of the molecule is CN1CCN(c2ccc3n[nH]c(S(=O)(=O)c4ccc(F)c(F)c4)c3c2)CC1. The number of anilines is 1. The molecule has 4 rings (SSSR count). The van der Waals surface area contributed by atoms with Crippen LogP contribution in [0.4, 0.5) is 14.5 Å². The second-order valence-corrected chi connectivity index (χ2v) is 8.51. The van der Waals surface area contributed by atoms with Crippen molar-refractivity contribution in [3.05, 3.63) is 48.0 Å². The highest BCUT2D eigenvalue weighted by Crippen LogP contribution is 2.30. The number of sulfone groups is 1. The minimum Gasteiger partial charge on any atom is -0.369 e. The number of piperazine rings is 1.